The molecule has 1 aliphatic heterocycles. The first-order chi connectivity index (χ1) is 5.85. The third kappa shape index (κ3) is 10.1. The molecule has 0 saturated carbocycles. The van der Waals surface area contributed by atoms with Crippen LogP contribution < -0.4 is 5.32 Å². The quantitative estimate of drug-likeness (QED) is 0.306. The van der Waals surface area contributed by atoms with E-state index in [0.717, 1.165) is 6.61 Å². The molecular weight excluding hydrogens is 182 g/mol. The number of aliphatic hydroxyl groups is 2. The van der Waals surface area contributed by atoms with Gasteiger partial charge in [-0.1, -0.05) is 0 Å². The third-order valence-corrected chi connectivity index (χ3v) is 1.50. The lowest BCUT2D eigenvalue weighted by Gasteiger charge is -1.94. The van der Waals surface area contributed by atoms with E-state index in [1.54, 1.807) is 0 Å². The average Bonchev–Trinajstić information content (AvgIpc) is 2.89. The number of alkyl halides is 1. The van der Waals surface area contributed by atoms with Gasteiger partial charge in [-0.3, -0.25) is 0 Å². The molecule has 12 heavy (non-hydrogen) atoms. The number of hydrogen-bond donors (Lipinski definition) is 3. The van der Waals surface area contributed by atoms with E-state index < -0.39 is 0 Å². The van der Waals surface area contributed by atoms with Gasteiger partial charge in [0.05, 0.1) is 31.8 Å². The largest absolute Gasteiger partial charge is 0.395 e. The van der Waals surface area contributed by atoms with E-state index in [4.69, 9.17) is 26.6 Å². The second-order valence-electron chi connectivity index (χ2n) is 2.31. The van der Waals surface area contributed by atoms with Crippen LogP contribution in [0.1, 0.15) is 0 Å². The molecule has 3 N–H and O–H groups in total. The van der Waals surface area contributed by atoms with Crippen molar-refractivity contribution in [2.75, 3.05) is 38.8 Å². The SMILES string of the molecule is ClCC1CO1.OCCNCCO. The fourth-order valence-corrected chi connectivity index (χ4v) is 0.618. The summed E-state index contributed by atoms with van der Waals surface area (Å²) in [4.78, 5) is 0. The Kier molecular flexibility index (Phi) is 9.32. The van der Waals surface area contributed by atoms with Crippen molar-refractivity contribution in [1.82, 2.24) is 5.32 Å². The molecule has 1 unspecified atom stereocenters. The summed E-state index contributed by atoms with van der Waals surface area (Å²) in [5.74, 6) is 0.667. The average molecular weight is 198 g/mol. The number of rotatable bonds is 5. The summed E-state index contributed by atoms with van der Waals surface area (Å²) in [6.07, 6.45) is 0.400. The van der Waals surface area contributed by atoms with Gasteiger partial charge in [0, 0.05) is 13.1 Å². The summed E-state index contributed by atoms with van der Waals surface area (Å²) in [7, 11) is 0. The first-order valence-corrected chi connectivity index (χ1v) is 4.48. The third-order valence-electron chi connectivity index (χ3n) is 1.15. The van der Waals surface area contributed by atoms with Crippen molar-refractivity contribution in [3.63, 3.8) is 0 Å². The topological polar surface area (TPSA) is 65.0 Å². The molecule has 1 rings (SSSR count). The van der Waals surface area contributed by atoms with E-state index in [0.29, 0.717) is 25.1 Å². The highest BCUT2D eigenvalue weighted by molar-refractivity contribution is 6.18. The van der Waals surface area contributed by atoms with Crippen molar-refractivity contribution in [3.05, 3.63) is 0 Å². The number of nitrogens with one attached hydrogen (secondary N) is 1. The molecule has 0 bridgehead atoms. The maximum absolute atomic E-state index is 8.15. The Balaban J connectivity index is 0.000000211. The summed E-state index contributed by atoms with van der Waals surface area (Å²) >= 11 is 5.27. The molecule has 0 aliphatic carbocycles. The highest BCUT2D eigenvalue weighted by atomic mass is 35.5. The Morgan fingerprint density at radius 2 is 1.83 bits per heavy atom. The van der Waals surface area contributed by atoms with Crippen LogP contribution in [-0.4, -0.2) is 55.1 Å². The van der Waals surface area contributed by atoms with Crippen molar-refractivity contribution in [2.45, 2.75) is 6.10 Å². The molecule has 0 aromatic carbocycles. The van der Waals surface area contributed by atoms with Crippen LogP contribution >= 0.6 is 11.6 Å². The number of epoxide rings is 1. The molecule has 0 aromatic rings. The molecule has 1 aliphatic rings. The Bertz CT molecular complexity index is 86.7. The van der Waals surface area contributed by atoms with Crippen LogP contribution in [-0.2, 0) is 4.74 Å². The zero-order valence-corrected chi connectivity index (χ0v) is 7.76. The minimum Gasteiger partial charge on any atom is -0.395 e. The van der Waals surface area contributed by atoms with Gasteiger partial charge >= 0.3 is 0 Å². The monoisotopic (exact) mass is 197 g/mol. The number of aliphatic hydroxyl groups excluding tert-OH is 2. The molecule has 5 heteroatoms. The van der Waals surface area contributed by atoms with Crippen LogP contribution in [0.2, 0.25) is 0 Å². The zero-order chi connectivity index (χ0) is 9.23. The zero-order valence-electron chi connectivity index (χ0n) is 7.00. The summed E-state index contributed by atoms with van der Waals surface area (Å²) in [5, 5.41) is 19.1. The molecule has 74 valence electrons. The summed E-state index contributed by atoms with van der Waals surface area (Å²) in [6, 6.07) is 0. The van der Waals surface area contributed by atoms with Crippen LogP contribution in [0.4, 0.5) is 0 Å². The fraction of sp³-hybridized carbons (Fsp3) is 1.00. The smallest absolute Gasteiger partial charge is 0.0944 e. The lowest BCUT2D eigenvalue weighted by molar-refractivity contribution is 0.267. The van der Waals surface area contributed by atoms with E-state index >= 15 is 0 Å². The first-order valence-electron chi connectivity index (χ1n) is 3.95. The Labute approximate surface area is 77.5 Å². The van der Waals surface area contributed by atoms with Crippen molar-refractivity contribution >= 4 is 11.6 Å². The van der Waals surface area contributed by atoms with Crippen LogP contribution in [0.5, 0.6) is 0 Å². The van der Waals surface area contributed by atoms with E-state index in [1.807, 2.05) is 0 Å². The summed E-state index contributed by atoms with van der Waals surface area (Å²) in [5.41, 5.74) is 0. The van der Waals surface area contributed by atoms with Crippen LogP contribution in [0.15, 0.2) is 0 Å². The summed E-state index contributed by atoms with van der Waals surface area (Å²) in [6.45, 7) is 2.30. The molecule has 1 atom stereocenters. The molecule has 0 amide bonds. The van der Waals surface area contributed by atoms with Gasteiger partial charge in [0.25, 0.3) is 0 Å². The van der Waals surface area contributed by atoms with Gasteiger partial charge in [0.2, 0.25) is 0 Å². The van der Waals surface area contributed by atoms with Crippen LogP contribution in [0.25, 0.3) is 0 Å². The Morgan fingerprint density at radius 3 is 2.00 bits per heavy atom. The second-order valence-corrected chi connectivity index (χ2v) is 2.62. The minimum absolute atomic E-state index is 0.139. The summed E-state index contributed by atoms with van der Waals surface area (Å²) < 4.78 is 4.73. The number of halogens is 1. The van der Waals surface area contributed by atoms with Gasteiger partial charge < -0.3 is 20.3 Å². The molecule has 1 fully saturated rings. The predicted octanol–water partition coefficient (Wildman–Crippen LogP) is -0.815. The molecule has 1 saturated heterocycles. The second kappa shape index (κ2) is 9.22. The fourth-order valence-electron chi connectivity index (χ4n) is 0.440. The van der Waals surface area contributed by atoms with Crippen LogP contribution in [0.3, 0.4) is 0 Å². The highest BCUT2D eigenvalue weighted by Crippen LogP contribution is 2.08. The Morgan fingerprint density at radius 1 is 1.33 bits per heavy atom. The molecule has 0 aromatic heterocycles. The molecule has 0 spiro atoms. The maximum atomic E-state index is 8.15. The normalized spacial score (nSPS) is 19.8. The van der Waals surface area contributed by atoms with Crippen LogP contribution in [0, 0.1) is 0 Å². The predicted molar refractivity (Wildman–Crippen MR) is 47.5 cm³/mol. The number of ether oxygens (including phenoxy) is 1. The Hall–Kier alpha value is 0.130. The van der Waals surface area contributed by atoms with Gasteiger partial charge in [0.15, 0.2) is 0 Å². The lowest BCUT2D eigenvalue weighted by atomic mass is 10.6. The minimum atomic E-state index is 0.139. The van der Waals surface area contributed by atoms with Gasteiger partial charge in [0.1, 0.15) is 0 Å². The van der Waals surface area contributed by atoms with Crippen molar-refractivity contribution < 1.29 is 14.9 Å². The first kappa shape index (κ1) is 12.1. The van der Waals surface area contributed by atoms with Gasteiger partial charge in [-0.2, -0.15) is 0 Å². The standard InChI is InChI=1S/C4H11NO2.C3H5ClO/c6-3-1-5-2-4-7;4-1-3-2-5-3/h5-7H,1-4H2;3H,1-2H2. The molecular formula is C7H16ClNO3. The van der Waals surface area contributed by atoms with Gasteiger partial charge in [-0.25, -0.2) is 0 Å². The molecule has 0 radical (unpaired) electrons. The lowest BCUT2D eigenvalue weighted by Crippen LogP contribution is -2.21. The van der Waals surface area contributed by atoms with E-state index in [1.165, 1.54) is 0 Å². The van der Waals surface area contributed by atoms with Crippen molar-refractivity contribution in [1.29, 1.82) is 0 Å². The van der Waals surface area contributed by atoms with E-state index in [9.17, 15) is 0 Å². The van der Waals surface area contributed by atoms with Gasteiger partial charge in [-0.05, 0) is 0 Å². The van der Waals surface area contributed by atoms with Crippen molar-refractivity contribution in [2.24, 2.45) is 0 Å². The maximum Gasteiger partial charge on any atom is 0.0944 e. The van der Waals surface area contributed by atoms with E-state index in [2.05, 4.69) is 5.32 Å². The molecule has 4 nitrogen and oxygen atoms in total. The highest BCUT2D eigenvalue weighted by Gasteiger charge is 2.19. The van der Waals surface area contributed by atoms with Gasteiger partial charge in [-0.15, -0.1) is 11.6 Å². The molecule has 1 heterocycles. The number of hydrogen-bond acceptors (Lipinski definition) is 4. The van der Waals surface area contributed by atoms with E-state index in [-0.39, 0.29) is 13.2 Å². The van der Waals surface area contributed by atoms with Crippen molar-refractivity contribution in [3.8, 4) is 0 Å².